The Morgan fingerprint density at radius 3 is 1.91 bits per heavy atom. The van der Waals surface area contributed by atoms with Crippen molar-refractivity contribution in [2.45, 2.75) is 123 Å². The molecule has 0 aliphatic heterocycles. The first-order chi connectivity index (χ1) is 16.8. The largest absolute Gasteiger partial charge is 0.378 e. The van der Waals surface area contributed by atoms with Crippen LogP contribution in [-0.2, 0) is 14.0 Å². The lowest BCUT2D eigenvalue weighted by Gasteiger charge is -2.39. The van der Waals surface area contributed by atoms with Gasteiger partial charge in [0.25, 0.3) is 0 Å². The topological polar surface area (TPSA) is 76.0 Å². The van der Waals surface area contributed by atoms with Gasteiger partial charge in [-0.2, -0.15) is 0 Å². The van der Waals surface area contributed by atoms with E-state index < -0.39 is 13.9 Å². The summed E-state index contributed by atoms with van der Waals surface area (Å²) in [5, 5.41) is 0. The van der Waals surface area contributed by atoms with Crippen LogP contribution >= 0.6 is 7.60 Å². The van der Waals surface area contributed by atoms with Crippen molar-refractivity contribution in [2.75, 3.05) is 19.6 Å². The van der Waals surface area contributed by atoms with Crippen molar-refractivity contribution in [2.24, 2.45) is 11.3 Å². The van der Waals surface area contributed by atoms with Gasteiger partial charge >= 0.3 is 7.60 Å². The van der Waals surface area contributed by atoms with Gasteiger partial charge in [0.1, 0.15) is 6.35 Å². The highest BCUT2D eigenvalue weighted by atomic mass is 31.2. The number of unbranched alkanes of at least 4 members (excludes halogenated alkanes) is 13. The van der Waals surface area contributed by atoms with E-state index in [1.54, 1.807) is 0 Å². The first-order valence-corrected chi connectivity index (χ1v) is 16.1. The maximum Gasteiger partial charge on any atom is 0.350 e. The Hall–Kier alpha value is -0.450. The SMILES string of the molecule is [CH2]C1(CCOCP(=O)(O)O)C=CC=CC1C(CC)OCCCCCCCCCCCCCCCC. The molecular weight excluding hydrogens is 459 g/mol. The Morgan fingerprint density at radius 1 is 0.857 bits per heavy atom. The molecule has 0 amide bonds. The summed E-state index contributed by atoms with van der Waals surface area (Å²) in [6, 6.07) is 0. The first-order valence-electron chi connectivity index (χ1n) is 14.3. The molecule has 0 fully saturated rings. The van der Waals surface area contributed by atoms with E-state index in [0.29, 0.717) is 6.42 Å². The molecule has 0 aromatic carbocycles. The molecule has 0 heterocycles. The molecule has 1 aliphatic carbocycles. The second-order valence-corrected chi connectivity index (χ2v) is 12.0. The van der Waals surface area contributed by atoms with E-state index >= 15 is 0 Å². The van der Waals surface area contributed by atoms with E-state index in [4.69, 9.17) is 19.3 Å². The minimum Gasteiger partial charge on any atom is -0.378 e. The van der Waals surface area contributed by atoms with Crippen LogP contribution in [0.1, 0.15) is 117 Å². The Labute approximate surface area is 216 Å². The van der Waals surface area contributed by atoms with Crippen molar-refractivity contribution in [3.63, 3.8) is 0 Å². The van der Waals surface area contributed by atoms with Gasteiger partial charge in [-0.1, -0.05) is 122 Å². The van der Waals surface area contributed by atoms with Gasteiger partial charge in [-0.25, -0.2) is 0 Å². The molecule has 0 bridgehead atoms. The highest BCUT2D eigenvalue weighted by molar-refractivity contribution is 7.51. The van der Waals surface area contributed by atoms with Crippen molar-refractivity contribution in [3.8, 4) is 0 Å². The molecule has 5 nitrogen and oxygen atoms in total. The number of hydrogen-bond acceptors (Lipinski definition) is 3. The fraction of sp³-hybridized carbons (Fsp3) is 0.828. The highest BCUT2D eigenvalue weighted by Crippen LogP contribution is 2.41. The zero-order valence-electron chi connectivity index (χ0n) is 22.7. The Morgan fingerprint density at radius 2 is 1.40 bits per heavy atom. The molecule has 1 aliphatic rings. The van der Waals surface area contributed by atoms with Crippen LogP contribution < -0.4 is 0 Å². The Balaban J connectivity index is 2.15. The van der Waals surface area contributed by atoms with Crippen molar-refractivity contribution in [1.82, 2.24) is 0 Å². The molecule has 0 saturated carbocycles. The summed E-state index contributed by atoms with van der Waals surface area (Å²) in [5.41, 5.74) is -0.389. The predicted octanol–water partition coefficient (Wildman–Crippen LogP) is 8.37. The van der Waals surface area contributed by atoms with Crippen LogP contribution in [0.5, 0.6) is 0 Å². The van der Waals surface area contributed by atoms with E-state index in [1.165, 1.54) is 83.5 Å². The van der Waals surface area contributed by atoms with Gasteiger partial charge in [-0.05, 0) is 31.6 Å². The molecule has 6 heteroatoms. The monoisotopic (exact) mass is 513 g/mol. The van der Waals surface area contributed by atoms with Crippen molar-refractivity contribution in [3.05, 3.63) is 31.2 Å². The van der Waals surface area contributed by atoms with Crippen molar-refractivity contribution < 1.29 is 23.8 Å². The average Bonchev–Trinajstić information content (AvgIpc) is 2.82. The first kappa shape index (κ1) is 32.6. The smallest absolute Gasteiger partial charge is 0.350 e. The fourth-order valence-corrected chi connectivity index (χ4v) is 5.30. The normalized spacial score (nSPS) is 21.0. The lowest BCUT2D eigenvalue weighted by atomic mass is 9.69. The third kappa shape index (κ3) is 16.1. The lowest BCUT2D eigenvalue weighted by Crippen LogP contribution is -2.37. The second-order valence-electron chi connectivity index (χ2n) is 10.4. The lowest BCUT2D eigenvalue weighted by molar-refractivity contribution is -0.00897. The van der Waals surface area contributed by atoms with Crippen LogP contribution in [0.2, 0.25) is 0 Å². The molecule has 205 valence electrons. The molecule has 3 atom stereocenters. The van der Waals surface area contributed by atoms with Gasteiger partial charge < -0.3 is 19.3 Å². The zero-order valence-corrected chi connectivity index (χ0v) is 23.6. The summed E-state index contributed by atoms with van der Waals surface area (Å²) in [7, 11) is -4.14. The third-order valence-corrected chi connectivity index (χ3v) is 7.64. The predicted molar refractivity (Wildman–Crippen MR) is 147 cm³/mol. The summed E-state index contributed by atoms with van der Waals surface area (Å²) in [6.07, 6.45) is 28.2. The molecule has 3 unspecified atom stereocenters. The molecule has 1 radical (unpaired) electrons. The molecular formula is C29H54O5P. The van der Waals surface area contributed by atoms with Gasteiger partial charge in [-0.15, -0.1) is 0 Å². The third-order valence-electron chi connectivity index (χ3n) is 7.13. The summed E-state index contributed by atoms with van der Waals surface area (Å²) >= 11 is 0. The summed E-state index contributed by atoms with van der Waals surface area (Å²) in [4.78, 5) is 18.0. The standard InChI is InChI=1S/C29H54O5P/c1-4-6-7-8-9-10-11-12-13-14-15-16-17-20-24-34-28(5-2)27-21-18-19-22-29(27,3)23-25-33-26-35(30,31)32/h18-19,21-22,27-28H,3-17,20,23-26H2,1-2H3,(H2,30,31,32). The number of ether oxygens (including phenoxy) is 2. The molecule has 0 aromatic heterocycles. The van der Waals surface area contributed by atoms with Gasteiger partial charge in [-0.3, -0.25) is 4.57 Å². The quantitative estimate of drug-likeness (QED) is 0.106. The number of allylic oxidation sites excluding steroid dienone is 3. The summed E-state index contributed by atoms with van der Waals surface area (Å²) < 4.78 is 22.5. The van der Waals surface area contributed by atoms with Crippen LogP contribution in [0.15, 0.2) is 24.3 Å². The van der Waals surface area contributed by atoms with E-state index in [1.807, 2.05) is 12.2 Å². The van der Waals surface area contributed by atoms with Crippen LogP contribution in [-0.4, -0.2) is 35.5 Å². The minimum absolute atomic E-state index is 0.0810. The fourth-order valence-electron chi connectivity index (χ4n) is 4.93. The average molecular weight is 514 g/mol. The highest BCUT2D eigenvalue weighted by Gasteiger charge is 2.36. The van der Waals surface area contributed by atoms with Gasteiger partial charge in [0.15, 0.2) is 0 Å². The molecule has 35 heavy (non-hydrogen) atoms. The van der Waals surface area contributed by atoms with E-state index in [9.17, 15) is 4.57 Å². The molecule has 0 aromatic rings. The molecule has 2 N–H and O–H groups in total. The van der Waals surface area contributed by atoms with Crippen molar-refractivity contribution in [1.29, 1.82) is 0 Å². The van der Waals surface area contributed by atoms with Crippen LogP contribution in [0, 0.1) is 18.3 Å². The van der Waals surface area contributed by atoms with Crippen LogP contribution in [0.3, 0.4) is 0 Å². The minimum atomic E-state index is -4.14. The number of hydrogen-bond donors (Lipinski definition) is 2. The summed E-state index contributed by atoms with van der Waals surface area (Å²) in [6.45, 7) is 9.90. The molecule has 0 spiro atoms. The Kier molecular flexibility index (Phi) is 18.3. The van der Waals surface area contributed by atoms with Crippen molar-refractivity contribution >= 4 is 7.60 Å². The molecule has 1 rings (SSSR count). The van der Waals surface area contributed by atoms with Crippen LogP contribution in [0.25, 0.3) is 0 Å². The van der Waals surface area contributed by atoms with Crippen LogP contribution in [0.4, 0.5) is 0 Å². The zero-order chi connectivity index (χ0) is 25.8. The van der Waals surface area contributed by atoms with Gasteiger partial charge in [0.05, 0.1) is 6.10 Å². The van der Waals surface area contributed by atoms with Gasteiger partial charge in [0.2, 0.25) is 0 Å². The maximum atomic E-state index is 11.0. The summed E-state index contributed by atoms with van der Waals surface area (Å²) in [5.74, 6) is 0.128. The van der Waals surface area contributed by atoms with E-state index in [-0.39, 0.29) is 24.0 Å². The molecule has 0 saturated heterocycles. The van der Waals surface area contributed by atoms with E-state index in [2.05, 4.69) is 32.9 Å². The number of rotatable bonds is 23. The Bertz CT molecular complexity index is 614. The van der Waals surface area contributed by atoms with E-state index in [0.717, 1.165) is 19.4 Å². The maximum absolute atomic E-state index is 11.0. The van der Waals surface area contributed by atoms with Gasteiger partial charge in [0, 0.05) is 19.1 Å². The second kappa shape index (κ2) is 19.6.